The summed E-state index contributed by atoms with van der Waals surface area (Å²) in [5.41, 5.74) is 1.46. The first-order chi connectivity index (χ1) is 13.2. The maximum absolute atomic E-state index is 12.6. The van der Waals surface area contributed by atoms with Gasteiger partial charge in [0.2, 0.25) is 5.88 Å². The van der Waals surface area contributed by atoms with Gasteiger partial charge in [0.15, 0.2) is 0 Å². The minimum atomic E-state index is -0.0801. The van der Waals surface area contributed by atoms with Crippen molar-refractivity contribution >= 4 is 16.8 Å². The lowest BCUT2D eigenvalue weighted by atomic mass is 9.93. The number of carbonyl (C=O) groups excluding carboxylic acids is 1. The number of fused-ring (bicyclic) bond motifs is 1. The first-order valence-corrected chi connectivity index (χ1v) is 9.11. The monoisotopic (exact) mass is 366 g/mol. The quantitative estimate of drug-likeness (QED) is 0.724. The molecule has 0 aliphatic heterocycles. The zero-order chi connectivity index (χ0) is 18.6. The molecule has 27 heavy (non-hydrogen) atoms. The van der Waals surface area contributed by atoms with Gasteiger partial charge in [-0.05, 0) is 43.9 Å². The first kappa shape index (κ1) is 17.3. The zero-order valence-corrected chi connectivity index (χ0v) is 15.1. The van der Waals surface area contributed by atoms with Gasteiger partial charge >= 0.3 is 0 Å². The molecular weight excluding hydrogens is 344 g/mol. The van der Waals surface area contributed by atoms with Crippen LogP contribution in [0.3, 0.4) is 0 Å². The van der Waals surface area contributed by atoms with Crippen LogP contribution in [-0.2, 0) is 0 Å². The molecule has 140 valence electrons. The number of nitrogens with zero attached hydrogens (tertiary/aromatic N) is 2. The van der Waals surface area contributed by atoms with Gasteiger partial charge in [0.1, 0.15) is 17.5 Å². The second-order valence-corrected chi connectivity index (χ2v) is 6.74. The highest BCUT2D eigenvalue weighted by Crippen LogP contribution is 2.24. The van der Waals surface area contributed by atoms with Crippen LogP contribution < -0.4 is 14.8 Å². The maximum Gasteiger partial charge on any atom is 0.267 e. The highest BCUT2D eigenvalue weighted by molar-refractivity contribution is 5.98. The number of hydrogen-bond acceptors (Lipinski definition) is 5. The topological polar surface area (TPSA) is 89.1 Å². The average Bonchev–Trinajstić information content (AvgIpc) is 3.13. The van der Waals surface area contributed by atoms with Gasteiger partial charge in [-0.2, -0.15) is 0 Å². The van der Waals surface area contributed by atoms with E-state index in [9.17, 15) is 4.79 Å². The Labute approximate surface area is 157 Å². The Balaban J connectivity index is 1.33. The second-order valence-electron chi connectivity index (χ2n) is 6.74. The van der Waals surface area contributed by atoms with E-state index in [4.69, 9.17) is 9.47 Å². The molecule has 1 aromatic carbocycles. The van der Waals surface area contributed by atoms with Gasteiger partial charge in [0, 0.05) is 35.4 Å². The smallest absolute Gasteiger partial charge is 0.267 e. The Morgan fingerprint density at radius 2 is 2.04 bits per heavy atom. The Morgan fingerprint density at radius 3 is 2.78 bits per heavy atom. The molecule has 2 aromatic heterocycles. The van der Waals surface area contributed by atoms with Gasteiger partial charge in [-0.3, -0.25) is 9.78 Å². The summed E-state index contributed by atoms with van der Waals surface area (Å²) < 4.78 is 11.1. The molecule has 3 aromatic rings. The van der Waals surface area contributed by atoms with Gasteiger partial charge in [-0.25, -0.2) is 4.98 Å². The molecule has 0 radical (unpaired) electrons. The predicted molar refractivity (Wildman–Crippen MR) is 101 cm³/mol. The third-order valence-corrected chi connectivity index (χ3v) is 4.91. The normalized spacial score (nSPS) is 19.6. The molecular formula is C20H22N4O3. The predicted octanol–water partition coefficient (Wildman–Crippen LogP) is 3.09. The number of amides is 1. The number of methoxy groups -OCH3 is 1. The number of benzene rings is 1. The molecule has 7 heteroatoms. The molecule has 0 saturated heterocycles. The summed E-state index contributed by atoms with van der Waals surface area (Å²) in [5, 5.41) is 4.11. The molecule has 1 saturated carbocycles. The lowest BCUT2D eigenvalue weighted by molar-refractivity contribution is 0.0886. The van der Waals surface area contributed by atoms with Gasteiger partial charge in [0.05, 0.1) is 13.3 Å². The number of hydrogen-bond donors (Lipinski definition) is 2. The molecule has 1 aliphatic carbocycles. The molecule has 1 amide bonds. The minimum absolute atomic E-state index is 0.0801. The van der Waals surface area contributed by atoms with E-state index in [1.54, 1.807) is 25.7 Å². The van der Waals surface area contributed by atoms with Crippen LogP contribution in [0.15, 0.2) is 42.9 Å². The van der Waals surface area contributed by atoms with E-state index in [0.717, 1.165) is 42.3 Å². The van der Waals surface area contributed by atoms with Gasteiger partial charge in [-0.15, -0.1) is 0 Å². The number of H-pyrrole nitrogens is 1. The third kappa shape index (κ3) is 4.02. The average molecular weight is 366 g/mol. The number of rotatable bonds is 5. The lowest BCUT2D eigenvalue weighted by Crippen LogP contribution is -2.39. The van der Waals surface area contributed by atoms with Crippen LogP contribution in [-0.4, -0.2) is 40.1 Å². The molecule has 2 heterocycles. The molecule has 2 N–H and O–H groups in total. The standard InChI is InChI=1S/C20H22N4O3/c1-26-16-5-2-13-10-18(24-17(13)11-16)20(25)23-14-3-6-15(7-4-14)27-19-12-21-8-9-22-19/h2,5,8-12,14-15,24H,3-4,6-7H2,1H3,(H,23,25). The van der Waals surface area contributed by atoms with E-state index >= 15 is 0 Å². The van der Waals surface area contributed by atoms with Crippen LogP contribution in [0.5, 0.6) is 11.6 Å². The highest BCUT2D eigenvalue weighted by Gasteiger charge is 2.24. The molecule has 1 aliphatic rings. The molecule has 0 unspecified atom stereocenters. The summed E-state index contributed by atoms with van der Waals surface area (Å²) in [6.45, 7) is 0. The summed E-state index contributed by atoms with van der Waals surface area (Å²) >= 11 is 0. The number of aromatic amines is 1. The first-order valence-electron chi connectivity index (χ1n) is 9.11. The molecule has 1 fully saturated rings. The summed E-state index contributed by atoms with van der Waals surface area (Å²) in [6, 6.07) is 7.74. The lowest BCUT2D eigenvalue weighted by Gasteiger charge is -2.28. The summed E-state index contributed by atoms with van der Waals surface area (Å²) in [7, 11) is 1.63. The van der Waals surface area contributed by atoms with Crippen molar-refractivity contribution in [2.24, 2.45) is 0 Å². The Bertz CT molecular complexity index is 917. The van der Waals surface area contributed by atoms with Crippen LogP contribution in [0.1, 0.15) is 36.2 Å². The zero-order valence-electron chi connectivity index (χ0n) is 15.1. The number of ether oxygens (including phenoxy) is 2. The van der Waals surface area contributed by atoms with Crippen molar-refractivity contribution in [1.82, 2.24) is 20.3 Å². The fourth-order valence-electron chi connectivity index (χ4n) is 3.46. The summed E-state index contributed by atoms with van der Waals surface area (Å²) in [6.07, 6.45) is 8.51. The van der Waals surface area contributed by atoms with Gasteiger partial charge < -0.3 is 19.8 Å². The largest absolute Gasteiger partial charge is 0.497 e. The Hall–Kier alpha value is -3.09. The SMILES string of the molecule is COc1ccc2cc(C(=O)NC3CCC(Oc4cnccn4)CC3)[nH]c2c1. The number of nitrogens with one attached hydrogen (secondary N) is 2. The molecule has 7 nitrogen and oxygen atoms in total. The van der Waals surface area contributed by atoms with Gasteiger partial charge in [0.25, 0.3) is 5.91 Å². The van der Waals surface area contributed by atoms with E-state index in [0.29, 0.717) is 11.6 Å². The summed E-state index contributed by atoms with van der Waals surface area (Å²) in [5.74, 6) is 1.24. The van der Waals surface area contributed by atoms with Crippen molar-refractivity contribution in [3.8, 4) is 11.6 Å². The molecule has 0 bridgehead atoms. The van der Waals surface area contributed by atoms with Crippen molar-refractivity contribution < 1.29 is 14.3 Å². The van der Waals surface area contributed by atoms with E-state index in [1.165, 1.54) is 0 Å². The van der Waals surface area contributed by atoms with Crippen molar-refractivity contribution in [3.63, 3.8) is 0 Å². The number of aromatic nitrogens is 3. The highest BCUT2D eigenvalue weighted by atomic mass is 16.5. The van der Waals surface area contributed by atoms with Crippen LogP contribution in [0.25, 0.3) is 10.9 Å². The molecule has 4 rings (SSSR count). The van der Waals surface area contributed by atoms with E-state index < -0.39 is 0 Å². The van der Waals surface area contributed by atoms with E-state index in [-0.39, 0.29) is 18.1 Å². The van der Waals surface area contributed by atoms with Crippen molar-refractivity contribution in [2.45, 2.75) is 37.8 Å². The minimum Gasteiger partial charge on any atom is -0.497 e. The van der Waals surface area contributed by atoms with E-state index in [1.807, 2.05) is 24.3 Å². The van der Waals surface area contributed by atoms with Crippen molar-refractivity contribution in [1.29, 1.82) is 0 Å². The maximum atomic E-state index is 12.6. The van der Waals surface area contributed by atoms with Crippen LogP contribution >= 0.6 is 0 Å². The van der Waals surface area contributed by atoms with Crippen molar-refractivity contribution in [2.75, 3.05) is 7.11 Å². The summed E-state index contributed by atoms with van der Waals surface area (Å²) in [4.78, 5) is 23.9. The Morgan fingerprint density at radius 1 is 1.19 bits per heavy atom. The van der Waals surface area contributed by atoms with Crippen molar-refractivity contribution in [3.05, 3.63) is 48.5 Å². The number of carbonyl (C=O) groups is 1. The van der Waals surface area contributed by atoms with Crippen LogP contribution in [0.2, 0.25) is 0 Å². The molecule has 0 atom stereocenters. The fraction of sp³-hybridized carbons (Fsp3) is 0.350. The molecule has 0 spiro atoms. The van der Waals surface area contributed by atoms with E-state index in [2.05, 4.69) is 20.3 Å². The van der Waals surface area contributed by atoms with Crippen LogP contribution in [0.4, 0.5) is 0 Å². The van der Waals surface area contributed by atoms with Gasteiger partial charge in [-0.1, -0.05) is 0 Å². The second kappa shape index (κ2) is 7.65. The fourth-order valence-corrected chi connectivity index (χ4v) is 3.46. The third-order valence-electron chi connectivity index (χ3n) is 4.91. The van der Waals surface area contributed by atoms with Crippen LogP contribution in [0, 0.1) is 0 Å². The Kier molecular flexibility index (Phi) is 4.91.